The third kappa shape index (κ3) is 3.74. The Hall–Kier alpha value is -2.01. The van der Waals surface area contributed by atoms with Crippen molar-refractivity contribution in [2.24, 2.45) is 0 Å². The Balaban J connectivity index is 1.90. The van der Waals surface area contributed by atoms with Crippen LogP contribution in [-0.2, 0) is 11.3 Å². The van der Waals surface area contributed by atoms with Gasteiger partial charge in [-0.25, -0.2) is 4.98 Å². The van der Waals surface area contributed by atoms with E-state index in [1.165, 1.54) is 0 Å². The van der Waals surface area contributed by atoms with E-state index >= 15 is 0 Å². The highest BCUT2D eigenvalue weighted by Gasteiger charge is 2.15. The lowest BCUT2D eigenvalue weighted by atomic mass is 10.2. The van der Waals surface area contributed by atoms with E-state index in [0.717, 1.165) is 5.56 Å². The number of aryl methyl sites for hydroxylation is 1. The van der Waals surface area contributed by atoms with E-state index in [2.05, 4.69) is 15.3 Å². The minimum Gasteiger partial charge on any atom is -0.481 e. The van der Waals surface area contributed by atoms with Crippen molar-refractivity contribution in [1.82, 2.24) is 15.3 Å². The average Bonchev–Trinajstić information content (AvgIpc) is 2.92. The standard InChI is InChI=1S/C14H16ClN3O2/c1-9-7-11(15)3-4-12(9)20-10(2)14(19)18-8-13-16-5-6-17-13/h3-7,10H,8H2,1-2H3,(H,16,17)(H,18,19). The fourth-order valence-corrected chi connectivity index (χ4v) is 1.92. The summed E-state index contributed by atoms with van der Waals surface area (Å²) in [6.45, 7) is 3.93. The molecule has 0 spiro atoms. The molecule has 0 saturated carbocycles. The number of hydrogen-bond acceptors (Lipinski definition) is 3. The molecule has 0 saturated heterocycles. The van der Waals surface area contributed by atoms with E-state index in [1.54, 1.807) is 37.5 Å². The second-order valence-electron chi connectivity index (χ2n) is 4.42. The number of rotatable bonds is 5. The minimum atomic E-state index is -0.593. The van der Waals surface area contributed by atoms with Crippen LogP contribution >= 0.6 is 11.6 Å². The van der Waals surface area contributed by atoms with E-state index < -0.39 is 6.10 Å². The number of imidazole rings is 1. The van der Waals surface area contributed by atoms with E-state index in [4.69, 9.17) is 16.3 Å². The zero-order valence-electron chi connectivity index (χ0n) is 11.3. The molecule has 1 aromatic heterocycles. The van der Waals surface area contributed by atoms with Crippen LogP contribution in [0, 0.1) is 6.92 Å². The molecule has 106 valence electrons. The van der Waals surface area contributed by atoms with Crippen LogP contribution in [0.15, 0.2) is 30.6 Å². The quantitative estimate of drug-likeness (QED) is 0.890. The second kappa shape index (κ2) is 6.43. The largest absolute Gasteiger partial charge is 0.481 e. The summed E-state index contributed by atoms with van der Waals surface area (Å²) in [5.74, 6) is 1.15. The molecule has 1 amide bonds. The number of carbonyl (C=O) groups is 1. The van der Waals surface area contributed by atoms with Crippen LogP contribution in [0.2, 0.25) is 5.02 Å². The Labute approximate surface area is 122 Å². The normalized spacial score (nSPS) is 11.9. The second-order valence-corrected chi connectivity index (χ2v) is 4.86. The maximum atomic E-state index is 11.9. The summed E-state index contributed by atoms with van der Waals surface area (Å²) in [5, 5.41) is 3.40. The van der Waals surface area contributed by atoms with E-state index in [9.17, 15) is 4.79 Å². The van der Waals surface area contributed by atoms with Gasteiger partial charge in [-0.3, -0.25) is 4.79 Å². The zero-order valence-corrected chi connectivity index (χ0v) is 12.1. The van der Waals surface area contributed by atoms with Gasteiger partial charge in [0.25, 0.3) is 5.91 Å². The van der Waals surface area contributed by atoms with Gasteiger partial charge in [0.2, 0.25) is 0 Å². The van der Waals surface area contributed by atoms with Crippen molar-refractivity contribution in [2.75, 3.05) is 0 Å². The van der Waals surface area contributed by atoms with Gasteiger partial charge in [0.15, 0.2) is 6.10 Å². The lowest BCUT2D eigenvalue weighted by molar-refractivity contribution is -0.127. The molecule has 20 heavy (non-hydrogen) atoms. The molecule has 0 aliphatic heterocycles. The predicted octanol–water partition coefficient (Wildman–Crippen LogP) is 2.46. The van der Waals surface area contributed by atoms with Crippen molar-refractivity contribution in [3.05, 3.63) is 47.0 Å². The highest BCUT2D eigenvalue weighted by Crippen LogP contribution is 2.22. The molecular weight excluding hydrogens is 278 g/mol. The first-order valence-electron chi connectivity index (χ1n) is 6.25. The molecule has 5 nitrogen and oxygen atoms in total. The van der Waals surface area contributed by atoms with Gasteiger partial charge in [0, 0.05) is 17.4 Å². The Kier molecular flexibility index (Phi) is 4.63. The highest BCUT2D eigenvalue weighted by molar-refractivity contribution is 6.30. The number of aromatic nitrogens is 2. The summed E-state index contributed by atoms with van der Waals surface area (Å²) < 4.78 is 5.63. The summed E-state index contributed by atoms with van der Waals surface area (Å²) in [6, 6.07) is 5.29. The van der Waals surface area contributed by atoms with Gasteiger partial charge in [0.05, 0.1) is 6.54 Å². The molecule has 0 aliphatic rings. The van der Waals surface area contributed by atoms with Crippen LogP contribution in [0.4, 0.5) is 0 Å². The number of benzene rings is 1. The summed E-state index contributed by atoms with van der Waals surface area (Å²) in [6.07, 6.45) is 2.75. The molecule has 1 atom stereocenters. The number of nitrogens with zero attached hydrogens (tertiary/aromatic N) is 1. The molecule has 1 aromatic carbocycles. The average molecular weight is 294 g/mol. The third-order valence-electron chi connectivity index (χ3n) is 2.79. The van der Waals surface area contributed by atoms with Gasteiger partial charge < -0.3 is 15.0 Å². The van der Waals surface area contributed by atoms with Gasteiger partial charge >= 0.3 is 0 Å². The number of carbonyl (C=O) groups excluding carboxylic acids is 1. The fourth-order valence-electron chi connectivity index (χ4n) is 1.70. The molecule has 2 aromatic rings. The summed E-state index contributed by atoms with van der Waals surface area (Å²) >= 11 is 5.88. The van der Waals surface area contributed by atoms with Gasteiger partial charge in [-0.15, -0.1) is 0 Å². The van der Waals surface area contributed by atoms with Crippen molar-refractivity contribution in [1.29, 1.82) is 0 Å². The van der Waals surface area contributed by atoms with Crippen LogP contribution in [0.3, 0.4) is 0 Å². The molecule has 2 N–H and O–H groups in total. The molecule has 6 heteroatoms. The maximum Gasteiger partial charge on any atom is 0.261 e. The first kappa shape index (κ1) is 14.4. The monoisotopic (exact) mass is 293 g/mol. The minimum absolute atomic E-state index is 0.198. The lowest BCUT2D eigenvalue weighted by Gasteiger charge is -2.16. The Morgan fingerprint density at radius 1 is 1.55 bits per heavy atom. The molecule has 0 bridgehead atoms. The van der Waals surface area contributed by atoms with Crippen LogP contribution in [0.5, 0.6) is 5.75 Å². The molecule has 0 fully saturated rings. The Bertz CT molecular complexity index is 584. The highest BCUT2D eigenvalue weighted by atomic mass is 35.5. The summed E-state index contributed by atoms with van der Waals surface area (Å²) in [5.41, 5.74) is 0.892. The number of aromatic amines is 1. The van der Waals surface area contributed by atoms with Gasteiger partial charge in [-0.1, -0.05) is 11.6 Å². The summed E-state index contributed by atoms with van der Waals surface area (Å²) in [4.78, 5) is 18.9. The fraction of sp³-hybridized carbons (Fsp3) is 0.286. The number of halogens is 1. The first-order valence-corrected chi connectivity index (χ1v) is 6.63. The van der Waals surface area contributed by atoms with E-state index in [-0.39, 0.29) is 5.91 Å². The van der Waals surface area contributed by atoms with Crippen molar-refractivity contribution < 1.29 is 9.53 Å². The molecule has 2 rings (SSSR count). The first-order chi connectivity index (χ1) is 9.56. The van der Waals surface area contributed by atoms with Crippen molar-refractivity contribution in [3.8, 4) is 5.75 Å². The zero-order chi connectivity index (χ0) is 14.5. The van der Waals surface area contributed by atoms with Gasteiger partial charge in [-0.05, 0) is 37.6 Å². The molecule has 0 aliphatic carbocycles. The van der Waals surface area contributed by atoms with Crippen LogP contribution in [0.25, 0.3) is 0 Å². The topological polar surface area (TPSA) is 67.0 Å². The van der Waals surface area contributed by atoms with Crippen molar-refractivity contribution >= 4 is 17.5 Å². The van der Waals surface area contributed by atoms with E-state index in [1.807, 2.05) is 6.92 Å². The molecule has 1 unspecified atom stereocenters. The van der Waals surface area contributed by atoms with Crippen LogP contribution in [0.1, 0.15) is 18.3 Å². The van der Waals surface area contributed by atoms with E-state index in [0.29, 0.717) is 23.1 Å². The molecule has 0 radical (unpaired) electrons. The number of hydrogen-bond donors (Lipinski definition) is 2. The Morgan fingerprint density at radius 2 is 2.35 bits per heavy atom. The predicted molar refractivity (Wildman–Crippen MR) is 76.7 cm³/mol. The lowest BCUT2D eigenvalue weighted by Crippen LogP contribution is -2.36. The smallest absolute Gasteiger partial charge is 0.261 e. The van der Waals surface area contributed by atoms with Crippen molar-refractivity contribution in [2.45, 2.75) is 26.5 Å². The number of H-pyrrole nitrogens is 1. The molecule has 1 heterocycles. The van der Waals surface area contributed by atoms with Crippen LogP contribution in [-0.4, -0.2) is 22.0 Å². The van der Waals surface area contributed by atoms with Gasteiger partial charge in [-0.2, -0.15) is 0 Å². The number of ether oxygens (including phenoxy) is 1. The Morgan fingerprint density at radius 3 is 3.00 bits per heavy atom. The van der Waals surface area contributed by atoms with Crippen LogP contribution < -0.4 is 10.1 Å². The van der Waals surface area contributed by atoms with Gasteiger partial charge in [0.1, 0.15) is 11.6 Å². The molecular formula is C14H16ClN3O2. The number of amides is 1. The number of nitrogens with one attached hydrogen (secondary N) is 2. The SMILES string of the molecule is Cc1cc(Cl)ccc1OC(C)C(=O)NCc1ncc[nH]1. The van der Waals surface area contributed by atoms with Crippen molar-refractivity contribution in [3.63, 3.8) is 0 Å². The third-order valence-corrected chi connectivity index (χ3v) is 3.03. The summed E-state index contributed by atoms with van der Waals surface area (Å²) in [7, 11) is 0. The maximum absolute atomic E-state index is 11.9.